The van der Waals surface area contributed by atoms with Gasteiger partial charge in [-0.05, 0) is 73.5 Å². The topological polar surface area (TPSA) is 48.9 Å². The molecule has 0 radical (unpaired) electrons. The lowest BCUT2D eigenvalue weighted by molar-refractivity contribution is -0.0270. The first-order valence-corrected chi connectivity index (χ1v) is 10.3. The number of nitrogens with zero attached hydrogens (tertiary/aromatic N) is 3. The summed E-state index contributed by atoms with van der Waals surface area (Å²) in [4.78, 5) is 26.8. The molecule has 25 heavy (non-hydrogen) atoms. The van der Waals surface area contributed by atoms with Crippen LogP contribution < -0.4 is 11.4 Å². The lowest BCUT2D eigenvalue weighted by atomic mass is 9.64. The lowest BCUT2D eigenvalue weighted by Crippen LogP contribution is -2.52. The van der Waals surface area contributed by atoms with E-state index in [4.69, 9.17) is 0 Å². The Morgan fingerprint density at radius 1 is 0.840 bits per heavy atom. The second-order valence-corrected chi connectivity index (χ2v) is 10.5. The molecule has 136 valence electrons. The van der Waals surface area contributed by atoms with Crippen LogP contribution in [0.2, 0.25) is 0 Å². The zero-order valence-electron chi connectivity index (χ0n) is 15.6. The summed E-state index contributed by atoms with van der Waals surface area (Å²) in [5, 5.41) is 0. The molecule has 7 atom stereocenters. The van der Waals surface area contributed by atoms with E-state index in [0.717, 1.165) is 25.7 Å². The van der Waals surface area contributed by atoms with Crippen molar-refractivity contribution in [1.29, 1.82) is 0 Å². The molecule has 5 saturated carbocycles. The van der Waals surface area contributed by atoms with Crippen molar-refractivity contribution in [3.05, 3.63) is 21.0 Å². The van der Waals surface area contributed by atoms with Crippen LogP contribution in [0.15, 0.2) is 9.59 Å². The summed E-state index contributed by atoms with van der Waals surface area (Å²) in [6, 6.07) is 0.651. The summed E-state index contributed by atoms with van der Waals surface area (Å²) >= 11 is 0. The van der Waals surface area contributed by atoms with E-state index in [1.165, 1.54) is 19.3 Å². The summed E-state index contributed by atoms with van der Waals surface area (Å²) in [7, 11) is 0. The van der Waals surface area contributed by atoms with Gasteiger partial charge in [0, 0.05) is 6.04 Å². The van der Waals surface area contributed by atoms with E-state index in [0.29, 0.717) is 17.8 Å². The molecule has 5 heteroatoms. The largest absolute Gasteiger partial charge is 0.347 e. The number of rotatable bonds is 1. The summed E-state index contributed by atoms with van der Waals surface area (Å²) in [6.07, 6.45) is 8.12. The van der Waals surface area contributed by atoms with Crippen LogP contribution >= 0.6 is 0 Å². The molecule has 5 aliphatic carbocycles. The van der Waals surface area contributed by atoms with Crippen LogP contribution in [-0.4, -0.2) is 13.9 Å². The van der Waals surface area contributed by atoms with Crippen LogP contribution in [0.5, 0.6) is 0 Å². The van der Waals surface area contributed by atoms with Crippen molar-refractivity contribution in [1.82, 2.24) is 13.9 Å². The number of fused-ring (bicyclic) bond motifs is 3. The zero-order valence-corrected chi connectivity index (χ0v) is 15.6. The first kappa shape index (κ1) is 14.9. The van der Waals surface area contributed by atoms with Crippen molar-refractivity contribution in [2.75, 3.05) is 0 Å². The molecule has 5 nitrogen and oxygen atoms in total. The molecule has 8 rings (SSSR count). The highest BCUT2D eigenvalue weighted by Gasteiger charge is 2.63. The van der Waals surface area contributed by atoms with Crippen LogP contribution in [0.1, 0.15) is 83.8 Å². The van der Waals surface area contributed by atoms with Gasteiger partial charge in [0.25, 0.3) is 0 Å². The molecular weight excluding hydrogens is 314 g/mol. The van der Waals surface area contributed by atoms with E-state index in [1.54, 1.807) is 4.57 Å². The molecule has 5 fully saturated rings. The molecule has 1 aromatic rings. The van der Waals surface area contributed by atoms with Crippen LogP contribution in [0.3, 0.4) is 0 Å². The SMILES string of the molecule is CC1(C)C2CCC1(C)C(n1c(=O)n3n(c1=O)C1CC4CCC1CC43)C2. The van der Waals surface area contributed by atoms with Crippen molar-refractivity contribution >= 4 is 0 Å². The van der Waals surface area contributed by atoms with Crippen LogP contribution in [-0.2, 0) is 0 Å². The minimum atomic E-state index is -0.000347. The molecule has 0 saturated heterocycles. The zero-order chi connectivity index (χ0) is 17.3. The van der Waals surface area contributed by atoms with Crippen molar-refractivity contribution in [2.24, 2.45) is 28.6 Å². The minimum Gasteiger partial charge on any atom is -0.246 e. The molecule has 7 aliphatic rings. The third-order valence-corrected chi connectivity index (χ3v) is 9.81. The third kappa shape index (κ3) is 1.43. The first-order valence-electron chi connectivity index (χ1n) is 10.3. The molecule has 7 unspecified atom stereocenters. The molecule has 0 amide bonds. The van der Waals surface area contributed by atoms with Gasteiger partial charge < -0.3 is 0 Å². The van der Waals surface area contributed by atoms with Gasteiger partial charge in [-0.15, -0.1) is 0 Å². The van der Waals surface area contributed by atoms with Crippen LogP contribution in [0, 0.1) is 28.6 Å². The van der Waals surface area contributed by atoms with E-state index >= 15 is 0 Å². The van der Waals surface area contributed by atoms with Gasteiger partial charge in [0.05, 0.1) is 12.1 Å². The second-order valence-electron chi connectivity index (χ2n) is 10.5. The summed E-state index contributed by atoms with van der Waals surface area (Å²) < 4.78 is 5.51. The highest BCUT2D eigenvalue weighted by molar-refractivity contribution is 5.13. The van der Waals surface area contributed by atoms with Gasteiger partial charge in [0.2, 0.25) is 0 Å². The Balaban J connectivity index is 1.56. The van der Waals surface area contributed by atoms with Crippen LogP contribution in [0.4, 0.5) is 0 Å². The third-order valence-electron chi connectivity index (χ3n) is 9.81. The molecule has 0 N–H and O–H groups in total. The summed E-state index contributed by atoms with van der Waals surface area (Å²) in [6.45, 7) is 7.04. The van der Waals surface area contributed by atoms with E-state index < -0.39 is 0 Å². The van der Waals surface area contributed by atoms with Gasteiger partial charge in [-0.1, -0.05) is 20.8 Å². The van der Waals surface area contributed by atoms with Crippen molar-refractivity contribution < 1.29 is 0 Å². The number of aromatic nitrogens is 3. The lowest BCUT2D eigenvalue weighted by Gasteiger charge is -2.52. The van der Waals surface area contributed by atoms with E-state index in [-0.39, 0.29) is 40.3 Å². The predicted octanol–water partition coefficient (Wildman–Crippen LogP) is 3.11. The minimum absolute atomic E-state index is 0.000347. The predicted molar refractivity (Wildman–Crippen MR) is 94.7 cm³/mol. The van der Waals surface area contributed by atoms with Gasteiger partial charge in [-0.3, -0.25) is 0 Å². The Hall–Kier alpha value is -1.26. The standard InChI is InChI=1S/C20H29N3O2/c1-19(2)13-6-7-20(19,3)16(10-13)21-17(24)22-14-9-12-5-4-11(14)8-15(12)23(22)18(21)25/h11-16H,4-10H2,1-3H3. The maximum Gasteiger partial charge on any atom is 0.347 e. The van der Waals surface area contributed by atoms with Crippen molar-refractivity contribution in [3.63, 3.8) is 0 Å². The average molecular weight is 343 g/mol. The highest BCUT2D eigenvalue weighted by Crippen LogP contribution is 2.69. The summed E-state index contributed by atoms with van der Waals surface area (Å²) in [5.41, 5.74) is 0.282. The molecule has 1 aromatic heterocycles. The monoisotopic (exact) mass is 343 g/mol. The fourth-order valence-corrected chi connectivity index (χ4v) is 7.88. The summed E-state index contributed by atoms with van der Waals surface area (Å²) in [5.74, 6) is 1.88. The van der Waals surface area contributed by atoms with E-state index in [9.17, 15) is 9.59 Å². The Morgan fingerprint density at radius 3 is 1.80 bits per heavy atom. The van der Waals surface area contributed by atoms with Crippen LogP contribution in [0.25, 0.3) is 0 Å². The maximum absolute atomic E-state index is 13.4. The quantitative estimate of drug-likeness (QED) is 0.787. The average Bonchev–Trinajstić information content (AvgIpc) is 3.07. The number of hydrogen-bond acceptors (Lipinski definition) is 2. The normalized spacial score (nSPS) is 48.3. The Labute approximate surface area is 148 Å². The van der Waals surface area contributed by atoms with Gasteiger partial charge in [0.15, 0.2) is 0 Å². The van der Waals surface area contributed by atoms with Gasteiger partial charge >= 0.3 is 11.4 Å². The molecule has 6 bridgehead atoms. The second kappa shape index (κ2) is 4.17. The Bertz CT molecular complexity index is 840. The van der Waals surface area contributed by atoms with E-state index in [1.807, 2.05) is 9.36 Å². The Kier molecular flexibility index (Phi) is 2.48. The molecule has 0 spiro atoms. The molecule has 0 aromatic carbocycles. The van der Waals surface area contributed by atoms with Gasteiger partial charge in [0.1, 0.15) is 0 Å². The molecule has 3 heterocycles. The van der Waals surface area contributed by atoms with E-state index in [2.05, 4.69) is 20.8 Å². The number of hydrogen-bond donors (Lipinski definition) is 0. The Morgan fingerprint density at radius 2 is 1.40 bits per heavy atom. The van der Waals surface area contributed by atoms with Gasteiger partial charge in [-0.25, -0.2) is 23.5 Å². The maximum atomic E-state index is 13.4. The molecule has 2 aliphatic heterocycles. The van der Waals surface area contributed by atoms with Crippen molar-refractivity contribution in [3.8, 4) is 0 Å². The smallest absolute Gasteiger partial charge is 0.246 e. The molecular formula is C20H29N3O2. The fourth-order valence-electron chi connectivity index (χ4n) is 7.88. The fraction of sp³-hybridized carbons (Fsp3) is 0.900. The van der Waals surface area contributed by atoms with Crippen molar-refractivity contribution in [2.45, 2.75) is 83.8 Å². The first-order chi connectivity index (χ1) is 11.8. The van der Waals surface area contributed by atoms with Gasteiger partial charge in [-0.2, -0.15) is 0 Å². The highest BCUT2D eigenvalue weighted by atomic mass is 16.2.